The van der Waals surface area contributed by atoms with Crippen molar-refractivity contribution in [3.63, 3.8) is 0 Å². The molecule has 1 N–H and O–H groups in total. The largest absolute Gasteiger partial charge is 0.444 e. The number of hydrogen-bond acceptors (Lipinski definition) is 5. The maximum absolute atomic E-state index is 12.4. The molecule has 0 radical (unpaired) electrons. The van der Waals surface area contributed by atoms with Crippen molar-refractivity contribution in [2.24, 2.45) is 5.92 Å². The van der Waals surface area contributed by atoms with Gasteiger partial charge in [0.2, 0.25) is 0 Å². The maximum Gasteiger partial charge on any atom is 0.410 e. The van der Waals surface area contributed by atoms with Gasteiger partial charge >= 0.3 is 6.09 Å². The van der Waals surface area contributed by atoms with Crippen LogP contribution in [-0.4, -0.2) is 47.1 Å². The second kappa shape index (κ2) is 9.03. The van der Waals surface area contributed by atoms with Gasteiger partial charge in [-0.05, 0) is 58.4 Å². The number of benzene rings is 1. The van der Waals surface area contributed by atoms with Crippen LogP contribution in [0, 0.1) is 23.0 Å². The standard InChI is InChI=1S/C20H29N3O5/c1-14-7-8-16(23(26)27)12-17(14)18(24)21-10-9-15-6-5-11-22(13-15)19(25)28-20(2,3)4/h7-8,12,15H,5-6,9-11,13H2,1-4H3,(H,21,24). The van der Waals surface area contributed by atoms with E-state index in [9.17, 15) is 19.7 Å². The zero-order chi connectivity index (χ0) is 20.9. The van der Waals surface area contributed by atoms with E-state index in [1.54, 1.807) is 17.9 Å². The number of ether oxygens (including phenoxy) is 1. The Hall–Kier alpha value is -2.64. The van der Waals surface area contributed by atoms with Gasteiger partial charge in [-0.25, -0.2) is 4.79 Å². The summed E-state index contributed by atoms with van der Waals surface area (Å²) >= 11 is 0. The van der Waals surface area contributed by atoms with Crippen LogP contribution < -0.4 is 5.32 Å². The van der Waals surface area contributed by atoms with E-state index in [0.29, 0.717) is 30.8 Å². The third-order valence-electron chi connectivity index (χ3n) is 4.69. The highest BCUT2D eigenvalue weighted by atomic mass is 16.6. The van der Waals surface area contributed by atoms with E-state index in [1.165, 1.54) is 12.1 Å². The first-order valence-electron chi connectivity index (χ1n) is 9.58. The van der Waals surface area contributed by atoms with Crippen LogP contribution in [0.2, 0.25) is 0 Å². The number of nitrogens with zero attached hydrogens (tertiary/aromatic N) is 2. The first kappa shape index (κ1) is 21.7. The predicted molar refractivity (Wildman–Crippen MR) is 105 cm³/mol. The molecule has 1 aliphatic heterocycles. The molecule has 2 amide bonds. The van der Waals surface area contributed by atoms with Crippen LogP contribution in [0.25, 0.3) is 0 Å². The Morgan fingerprint density at radius 1 is 1.36 bits per heavy atom. The molecule has 1 aromatic rings. The van der Waals surface area contributed by atoms with Gasteiger partial charge in [0.25, 0.3) is 11.6 Å². The number of nitro benzene ring substituents is 1. The van der Waals surface area contributed by atoms with Crippen molar-refractivity contribution >= 4 is 17.7 Å². The molecule has 28 heavy (non-hydrogen) atoms. The van der Waals surface area contributed by atoms with Crippen molar-refractivity contribution in [3.8, 4) is 0 Å². The minimum Gasteiger partial charge on any atom is -0.444 e. The summed E-state index contributed by atoms with van der Waals surface area (Å²) in [6.07, 6.45) is 2.33. The first-order chi connectivity index (χ1) is 13.1. The molecule has 0 saturated carbocycles. The maximum atomic E-state index is 12.4. The van der Waals surface area contributed by atoms with Crippen molar-refractivity contribution in [3.05, 3.63) is 39.4 Å². The molecule has 1 fully saturated rings. The van der Waals surface area contributed by atoms with E-state index in [4.69, 9.17) is 4.74 Å². The van der Waals surface area contributed by atoms with E-state index < -0.39 is 10.5 Å². The van der Waals surface area contributed by atoms with E-state index in [1.807, 2.05) is 20.8 Å². The molecule has 0 bridgehead atoms. The second-order valence-corrected chi connectivity index (χ2v) is 8.24. The number of carbonyl (C=O) groups is 2. The highest BCUT2D eigenvalue weighted by molar-refractivity contribution is 5.96. The lowest BCUT2D eigenvalue weighted by Crippen LogP contribution is -2.43. The smallest absolute Gasteiger partial charge is 0.410 e. The molecule has 1 heterocycles. The Kier molecular flexibility index (Phi) is 6.99. The number of piperidine rings is 1. The van der Waals surface area contributed by atoms with Crippen molar-refractivity contribution in [2.75, 3.05) is 19.6 Å². The van der Waals surface area contributed by atoms with Crippen LogP contribution >= 0.6 is 0 Å². The molecule has 1 aromatic carbocycles. The Labute approximate surface area is 165 Å². The molecule has 8 nitrogen and oxygen atoms in total. The van der Waals surface area contributed by atoms with E-state index in [2.05, 4.69) is 5.32 Å². The van der Waals surface area contributed by atoms with Gasteiger partial charge in [-0.1, -0.05) is 6.07 Å². The number of amides is 2. The van der Waals surface area contributed by atoms with Crippen LogP contribution in [0.3, 0.4) is 0 Å². The SMILES string of the molecule is Cc1ccc([N+](=O)[O-])cc1C(=O)NCCC1CCCN(C(=O)OC(C)(C)C)C1. The van der Waals surface area contributed by atoms with Gasteiger partial charge in [0.15, 0.2) is 0 Å². The molecule has 8 heteroatoms. The van der Waals surface area contributed by atoms with E-state index >= 15 is 0 Å². The van der Waals surface area contributed by atoms with Crippen LogP contribution in [0.5, 0.6) is 0 Å². The summed E-state index contributed by atoms with van der Waals surface area (Å²) in [7, 11) is 0. The highest BCUT2D eigenvalue weighted by Gasteiger charge is 2.27. The number of aryl methyl sites for hydroxylation is 1. The molecule has 1 saturated heterocycles. The summed E-state index contributed by atoms with van der Waals surface area (Å²) < 4.78 is 5.43. The summed E-state index contributed by atoms with van der Waals surface area (Å²) in [5, 5.41) is 13.8. The number of likely N-dealkylation sites (tertiary alicyclic amines) is 1. The molecule has 0 spiro atoms. The summed E-state index contributed by atoms with van der Waals surface area (Å²) in [6.45, 7) is 9.03. The first-order valence-corrected chi connectivity index (χ1v) is 9.58. The number of hydrogen-bond donors (Lipinski definition) is 1. The lowest BCUT2D eigenvalue weighted by Gasteiger charge is -2.34. The molecular weight excluding hydrogens is 362 g/mol. The van der Waals surface area contributed by atoms with Crippen molar-refractivity contribution in [1.29, 1.82) is 0 Å². The minimum absolute atomic E-state index is 0.101. The third-order valence-corrected chi connectivity index (χ3v) is 4.69. The van der Waals surface area contributed by atoms with Gasteiger partial charge < -0.3 is 15.0 Å². The molecular formula is C20H29N3O5. The minimum atomic E-state index is -0.520. The fourth-order valence-corrected chi connectivity index (χ4v) is 3.25. The van der Waals surface area contributed by atoms with Crippen LogP contribution in [-0.2, 0) is 4.74 Å². The number of rotatable bonds is 5. The fraction of sp³-hybridized carbons (Fsp3) is 0.600. The van der Waals surface area contributed by atoms with Crippen molar-refractivity contribution in [1.82, 2.24) is 10.2 Å². The zero-order valence-corrected chi connectivity index (χ0v) is 17.0. The highest BCUT2D eigenvalue weighted by Crippen LogP contribution is 2.22. The van der Waals surface area contributed by atoms with Gasteiger partial charge in [-0.2, -0.15) is 0 Å². The lowest BCUT2D eigenvalue weighted by atomic mass is 9.95. The summed E-state index contributed by atoms with van der Waals surface area (Å²) in [5.74, 6) is -0.0335. The number of nitrogens with one attached hydrogen (secondary N) is 1. The van der Waals surface area contributed by atoms with Gasteiger partial charge in [0.1, 0.15) is 5.60 Å². The molecule has 154 valence electrons. The Balaban J connectivity index is 1.86. The zero-order valence-electron chi connectivity index (χ0n) is 17.0. The Morgan fingerprint density at radius 3 is 2.71 bits per heavy atom. The molecule has 2 rings (SSSR count). The molecule has 0 aliphatic carbocycles. The normalized spacial score (nSPS) is 17.1. The molecule has 1 unspecified atom stereocenters. The van der Waals surface area contributed by atoms with Crippen molar-refractivity contribution < 1.29 is 19.2 Å². The van der Waals surface area contributed by atoms with Crippen molar-refractivity contribution in [2.45, 2.75) is 52.6 Å². The van der Waals surface area contributed by atoms with Gasteiger partial charge in [-0.3, -0.25) is 14.9 Å². The summed E-state index contributed by atoms with van der Waals surface area (Å²) in [4.78, 5) is 36.8. The fourth-order valence-electron chi connectivity index (χ4n) is 3.25. The second-order valence-electron chi connectivity index (χ2n) is 8.24. The monoisotopic (exact) mass is 391 g/mol. The van der Waals surface area contributed by atoms with Crippen LogP contribution in [0.1, 0.15) is 56.0 Å². The topological polar surface area (TPSA) is 102 Å². The average molecular weight is 391 g/mol. The number of non-ortho nitro benzene ring substituents is 1. The molecule has 1 atom stereocenters. The Bertz CT molecular complexity index is 742. The van der Waals surface area contributed by atoms with Crippen LogP contribution in [0.15, 0.2) is 18.2 Å². The van der Waals surface area contributed by atoms with E-state index in [-0.39, 0.29) is 23.6 Å². The van der Waals surface area contributed by atoms with Gasteiger partial charge in [0.05, 0.1) is 4.92 Å². The summed E-state index contributed by atoms with van der Waals surface area (Å²) in [5.41, 5.74) is 0.384. The number of nitro groups is 1. The predicted octanol–water partition coefficient (Wildman–Crippen LogP) is 3.67. The van der Waals surface area contributed by atoms with Gasteiger partial charge in [-0.15, -0.1) is 0 Å². The molecule has 0 aromatic heterocycles. The van der Waals surface area contributed by atoms with Gasteiger partial charge in [0, 0.05) is 37.3 Å². The van der Waals surface area contributed by atoms with Crippen LogP contribution in [0.4, 0.5) is 10.5 Å². The van der Waals surface area contributed by atoms with E-state index in [0.717, 1.165) is 19.3 Å². The lowest BCUT2D eigenvalue weighted by molar-refractivity contribution is -0.384. The quantitative estimate of drug-likeness (QED) is 0.609. The summed E-state index contributed by atoms with van der Waals surface area (Å²) in [6, 6.07) is 4.27. The molecule has 1 aliphatic rings. The average Bonchev–Trinajstić information content (AvgIpc) is 2.60. The Morgan fingerprint density at radius 2 is 2.07 bits per heavy atom. The number of carbonyl (C=O) groups excluding carboxylic acids is 2. The third kappa shape index (κ3) is 6.21.